The van der Waals surface area contributed by atoms with E-state index in [9.17, 15) is 19.9 Å². The number of phenolic OH excluding ortho intramolecular Hbond substituents is 1. The number of hydrogen-bond donors (Lipinski definition) is 1. The highest BCUT2D eigenvalue weighted by atomic mass is 16.5. The topological polar surface area (TPSA) is 81.3 Å². The van der Waals surface area contributed by atoms with E-state index in [1.54, 1.807) is 0 Å². The fraction of sp³-hybridized carbons (Fsp3) is 0. The van der Waals surface area contributed by atoms with Crippen LogP contribution in [0, 0.1) is 5.21 Å². The largest absolute Gasteiger partial charge is 0.618 e. The molecule has 0 aliphatic carbocycles. The van der Waals surface area contributed by atoms with Crippen molar-refractivity contribution in [2.24, 2.45) is 0 Å². The molecule has 1 heterocycles. The molecule has 0 atom stereocenters. The van der Waals surface area contributed by atoms with Gasteiger partial charge in [-0.05, 0) is 12.1 Å². The molecule has 0 amide bonds. The number of aromatic nitrogens is 1. The average Bonchev–Trinajstić information content (AvgIpc) is 2.30. The van der Waals surface area contributed by atoms with Gasteiger partial charge in [0, 0.05) is 11.6 Å². The van der Waals surface area contributed by atoms with E-state index >= 15 is 0 Å². The summed E-state index contributed by atoms with van der Waals surface area (Å²) < 4.78 is 0.421. The minimum Gasteiger partial charge on any atom is -0.618 e. The van der Waals surface area contributed by atoms with Crippen LogP contribution in [0.3, 0.4) is 0 Å². The van der Waals surface area contributed by atoms with Crippen molar-refractivity contribution in [1.29, 1.82) is 0 Å². The van der Waals surface area contributed by atoms with Gasteiger partial charge in [-0.2, -0.15) is 4.73 Å². The molecule has 1 aromatic carbocycles. The Hall–Kier alpha value is -2.43. The molecule has 2 rings (SSSR count). The number of phenols is 1. The number of aromatic hydroxyl groups is 1. The molecule has 2 aromatic rings. The molecule has 80 valence electrons. The Bertz CT molecular complexity index is 592. The lowest BCUT2D eigenvalue weighted by molar-refractivity contribution is -0.577. The van der Waals surface area contributed by atoms with Gasteiger partial charge in [-0.3, -0.25) is 9.59 Å². The highest BCUT2D eigenvalue weighted by molar-refractivity contribution is 6.02. The van der Waals surface area contributed by atoms with Gasteiger partial charge in [-0.15, -0.1) is 0 Å². The van der Waals surface area contributed by atoms with Crippen molar-refractivity contribution >= 4 is 23.5 Å². The van der Waals surface area contributed by atoms with Crippen LogP contribution in [0.4, 0.5) is 0 Å². The summed E-state index contributed by atoms with van der Waals surface area (Å²) in [5.74, 6) is -0.411. The standard InChI is InChI=1S/C11H7NO4/c13-5-7-4-8(6-14)11(15)10-9(7)2-1-3-12(10)16/h1-6,15H. The van der Waals surface area contributed by atoms with Crippen molar-refractivity contribution in [3.63, 3.8) is 0 Å². The van der Waals surface area contributed by atoms with Crippen LogP contribution >= 0.6 is 0 Å². The summed E-state index contributed by atoms with van der Waals surface area (Å²) in [5.41, 5.74) is 0.0414. The Morgan fingerprint density at radius 2 is 1.94 bits per heavy atom. The van der Waals surface area contributed by atoms with Crippen molar-refractivity contribution in [3.8, 4) is 5.75 Å². The third-order valence-electron chi connectivity index (χ3n) is 2.33. The normalized spacial score (nSPS) is 10.2. The second kappa shape index (κ2) is 3.62. The molecule has 0 unspecified atom stereocenters. The number of fused-ring (bicyclic) bond motifs is 1. The van der Waals surface area contributed by atoms with E-state index in [2.05, 4.69) is 0 Å². The minimum atomic E-state index is -0.411. The first-order chi connectivity index (χ1) is 7.69. The van der Waals surface area contributed by atoms with Crippen LogP contribution in [-0.4, -0.2) is 17.7 Å². The number of carbonyl (C=O) groups excluding carboxylic acids is 2. The third kappa shape index (κ3) is 1.30. The van der Waals surface area contributed by atoms with E-state index in [1.165, 1.54) is 24.4 Å². The summed E-state index contributed by atoms with van der Waals surface area (Å²) in [7, 11) is 0. The molecule has 0 spiro atoms. The smallest absolute Gasteiger partial charge is 0.267 e. The summed E-state index contributed by atoms with van der Waals surface area (Å²) in [5, 5.41) is 21.5. The first-order valence-electron chi connectivity index (χ1n) is 4.47. The molecule has 0 aliphatic heterocycles. The Kier molecular flexibility index (Phi) is 2.28. The first-order valence-corrected chi connectivity index (χ1v) is 4.47. The van der Waals surface area contributed by atoms with Gasteiger partial charge in [0.05, 0.1) is 10.9 Å². The minimum absolute atomic E-state index is 0.0748. The number of rotatable bonds is 2. The maximum Gasteiger partial charge on any atom is 0.267 e. The SMILES string of the molecule is O=Cc1cc(C=O)c2ccc[n+]([O-])c2c1O. The molecule has 0 bridgehead atoms. The van der Waals surface area contributed by atoms with Gasteiger partial charge in [-0.1, -0.05) is 0 Å². The number of pyridine rings is 1. The zero-order valence-electron chi connectivity index (χ0n) is 8.08. The summed E-state index contributed by atoms with van der Waals surface area (Å²) in [6, 6.07) is 4.24. The van der Waals surface area contributed by atoms with Gasteiger partial charge >= 0.3 is 0 Å². The Morgan fingerprint density at radius 1 is 1.25 bits per heavy atom. The van der Waals surface area contributed by atoms with E-state index in [4.69, 9.17) is 0 Å². The van der Waals surface area contributed by atoms with Crippen molar-refractivity contribution in [2.75, 3.05) is 0 Å². The molecule has 5 nitrogen and oxygen atoms in total. The van der Waals surface area contributed by atoms with Crippen LogP contribution < -0.4 is 4.73 Å². The number of carbonyl (C=O) groups is 2. The molecule has 0 aliphatic rings. The van der Waals surface area contributed by atoms with Gasteiger partial charge in [-0.25, -0.2) is 0 Å². The second-order valence-electron chi connectivity index (χ2n) is 3.24. The lowest BCUT2D eigenvalue weighted by Crippen LogP contribution is -2.26. The summed E-state index contributed by atoms with van der Waals surface area (Å²) in [4.78, 5) is 21.5. The number of benzene rings is 1. The van der Waals surface area contributed by atoms with Crippen molar-refractivity contribution in [1.82, 2.24) is 0 Å². The van der Waals surface area contributed by atoms with Gasteiger partial charge in [0.15, 0.2) is 18.8 Å². The molecule has 1 N–H and O–H groups in total. The van der Waals surface area contributed by atoms with Crippen LogP contribution in [0.25, 0.3) is 10.9 Å². The molecule has 5 heteroatoms. The van der Waals surface area contributed by atoms with Crippen LogP contribution in [0.1, 0.15) is 20.7 Å². The first kappa shape index (κ1) is 10.1. The van der Waals surface area contributed by atoms with E-state index in [0.29, 0.717) is 22.7 Å². The van der Waals surface area contributed by atoms with Crippen molar-refractivity contribution in [3.05, 3.63) is 40.7 Å². The lowest BCUT2D eigenvalue weighted by Gasteiger charge is -2.06. The number of nitrogens with zero attached hydrogens (tertiary/aromatic N) is 1. The molecular weight excluding hydrogens is 210 g/mol. The Labute approximate surface area is 90.1 Å². The summed E-state index contributed by atoms with van der Waals surface area (Å²) in [6.45, 7) is 0. The fourth-order valence-electron chi connectivity index (χ4n) is 1.59. The van der Waals surface area contributed by atoms with Gasteiger partial charge in [0.2, 0.25) is 5.75 Å². The summed E-state index contributed by atoms with van der Waals surface area (Å²) >= 11 is 0. The second-order valence-corrected chi connectivity index (χ2v) is 3.24. The predicted molar refractivity (Wildman–Crippen MR) is 55.3 cm³/mol. The Balaban J connectivity index is 3.03. The van der Waals surface area contributed by atoms with Crippen LogP contribution in [0.2, 0.25) is 0 Å². The van der Waals surface area contributed by atoms with Crippen molar-refractivity contribution < 1.29 is 19.4 Å². The zero-order valence-corrected chi connectivity index (χ0v) is 8.08. The van der Waals surface area contributed by atoms with Crippen LogP contribution in [0.15, 0.2) is 24.4 Å². The van der Waals surface area contributed by atoms with E-state index < -0.39 is 5.75 Å². The monoisotopic (exact) mass is 217 g/mol. The predicted octanol–water partition coefficient (Wildman–Crippen LogP) is 0.804. The maximum absolute atomic E-state index is 11.5. The highest BCUT2D eigenvalue weighted by Gasteiger charge is 2.17. The van der Waals surface area contributed by atoms with E-state index in [-0.39, 0.29) is 16.6 Å². The summed E-state index contributed by atoms with van der Waals surface area (Å²) in [6.07, 6.45) is 2.12. The van der Waals surface area contributed by atoms with Crippen molar-refractivity contribution in [2.45, 2.75) is 0 Å². The van der Waals surface area contributed by atoms with Crippen LogP contribution in [0.5, 0.6) is 5.75 Å². The Morgan fingerprint density at radius 3 is 2.56 bits per heavy atom. The molecule has 0 saturated heterocycles. The molecule has 16 heavy (non-hydrogen) atoms. The number of hydrogen-bond acceptors (Lipinski definition) is 4. The molecule has 0 saturated carbocycles. The molecule has 0 fully saturated rings. The maximum atomic E-state index is 11.5. The molecular formula is C11H7NO4. The quantitative estimate of drug-likeness (QED) is 0.458. The van der Waals surface area contributed by atoms with E-state index in [1.807, 2.05) is 0 Å². The van der Waals surface area contributed by atoms with Gasteiger partial charge in [0.25, 0.3) is 5.52 Å². The van der Waals surface area contributed by atoms with E-state index in [0.717, 1.165) is 0 Å². The lowest BCUT2D eigenvalue weighted by atomic mass is 10.0. The van der Waals surface area contributed by atoms with Gasteiger partial charge < -0.3 is 10.3 Å². The fourth-order valence-corrected chi connectivity index (χ4v) is 1.59. The third-order valence-corrected chi connectivity index (χ3v) is 2.33. The highest BCUT2D eigenvalue weighted by Crippen LogP contribution is 2.27. The van der Waals surface area contributed by atoms with Crippen LogP contribution in [-0.2, 0) is 0 Å². The molecule has 0 radical (unpaired) electrons. The zero-order chi connectivity index (χ0) is 11.7. The molecule has 1 aromatic heterocycles. The average molecular weight is 217 g/mol. The number of aldehydes is 2. The van der Waals surface area contributed by atoms with Gasteiger partial charge in [0.1, 0.15) is 0 Å².